The third kappa shape index (κ3) is 1.18. The van der Waals surface area contributed by atoms with E-state index in [4.69, 9.17) is 0 Å². The van der Waals surface area contributed by atoms with E-state index in [0.29, 0.717) is 3.92 Å². The topological polar surface area (TPSA) is 20.2 Å². The lowest BCUT2D eigenvalue weighted by atomic mass is 10.1. The van der Waals surface area contributed by atoms with Gasteiger partial charge in [0.15, 0.2) is 0 Å². The van der Waals surface area contributed by atoms with Gasteiger partial charge in [-0.15, -0.1) is 0 Å². The molecular formula is C9H9IO. The van der Waals surface area contributed by atoms with Gasteiger partial charge in [0, 0.05) is 3.92 Å². The summed E-state index contributed by atoms with van der Waals surface area (Å²) in [4.78, 5) is 0. The van der Waals surface area contributed by atoms with Crippen LogP contribution in [0.1, 0.15) is 17.2 Å². The van der Waals surface area contributed by atoms with E-state index in [0.717, 1.165) is 12.0 Å². The Morgan fingerprint density at radius 3 is 2.82 bits per heavy atom. The maximum absolute atomic E-state index is 9.64. The third-order valence-corrected chi connectivity index (χ3v) is 3.25. The van der Waals surface area contributed by atoms with Gasteiger partial charge in [-0.05, 0) is 17.5 Å². The van der Waals surface area contributed by atoms with E-state index in [1.165, 1.54) is 5.56 Å². The molecular weight excluding hydrogens is 251 g/mol. The van der Waals surface area contributed by atoms with Gasteiger partial charge in [-0.25, -0.2) is 0 Å². The predicted octanol–water partition coefficient (Wildman–Crippen LogP) is 2.08. The molecule has 2 atom stereocenters. The molecule has 2 rings (SSSR count). The number of benzene rings is 1. The number of aliphatic hydroxyl groups is 1. The van der Waals surface area contributed by atoms with Crippen molar-refractivity contribution >= 4 is 22.6 Å². The minimum absolute atomic E-state index is 0.244. The zero-order chi connectivity index (χ0) is 7.84. The summed E-state index contributed by atoms with van der Waals surface area (Å²) < 4.78 is 0.366. The van der Waals surface area contributed by atoms with Crippen LogP contribution in [0.2, 0.25) is 0 Å². The standard InChI is InChI=1S/C9H9IO/c10-8-5-6-3-1-2-4-7(6)9(8)11/h1-4,8-9,11H,5H2/t8-,9-/m1/s1. The Balaban J connectivity index is 2.47. The number of fused-ring (bicyclic) bond motifs is 1. The van der Waals surface area contributed by atoms with Crippen LogP contribution in [0.4, 0.5) is 0 Å². The van der Waals surface area contributed by atoms with Crippen LogP contribution in [0, 0.1) is 0 Å². The van der Waals surface area contributed by atoms with Gasteiger partial charge in [0.05, 0.1) is 6.10 Å². The summed E-state index contributed by atoms with van der Waals surface area (Å²) >= 11 is 2.30. The van der Waals surface area contributed by atoms with E-state index >= 15 is 0 Å². The fourth-order valence-electron chi connectivity index (χ4n) is 1.53. The normalized spacial score (nSPS) is 28.5. The van der Waals surface area contributed by atoms with Crippen LogP contribution in [0.25, 0.3) is 0 Å². The SMILES string of the molecule is O[C@@H]1c2ccccc2C[C@H]1I. The van der Waals surface area contributed by atoms with Gasteiger partial charge in [-0.2, -0.15) is 0 Å². The number of halogens is 1. The molecule has 1 nitrogen and oxygen atoms in total. The van der Waals surface area contributed by atoms with Gasteiger partial charge in [0.2, 0.25) is 0 Å². The van der Waals surface area contributed by atoms with E-state index in [9.17, 15) is 5.11 Å². The van der Waals surface area contributed by atoms with Crippen molar-refractivity contribution < 1.29 is 5.11 Å². The van der Waals surface area contributed by atoms with Crippen LogP contribution in [0.3, 0.4) is 0 Å². The van der Waals surface area contributed by atoms with Crippen molar-refractivity contribution in [1.82, 2.24) is 0 Å². The second kappa shape index (κ2) is 2.75. The Morgan fingerprint density at radius 1 is 1.36 bits per heavy atom. The summed E-state index contributed by atoms with van der Waals surface area (Å²) in [5, 5.41) is 9.64. The Kier molecular flexibility index (Phi) is 1.89. The molecule has 1 N–H and O–H groups in total. The summed E-state index contributed by atoms with van der Waals surface area (Å²) in [6, 6.07) is 8.12. The molecule has 0 radical (unpaired) electrons. The molecule has 0 amide bonds. The molecule has 1 aliphatic rings. The molecule has 1 aliphatic carbocycles. The van der Waals surface area contributed by atoms with Gasteiger partial charge in [-0.3, -0.25) is 0 Å². The molecule has 1 aromatic rings. The van der Waals surface area contributed by atoms with Crippen LogP contribution < -0.4 is 0 Å². The number of alkyl halides is 1. The van der Waals surface area contributed by atoms with Crippen molar-refractivity contribution in [3.05, 3.63) is 35.4 Å². The highest BCUT2D eigenvalue weighted by Crippen LogP contribution is 2.35. The molecule has 0 aromatic heterocycles. The average molecular weight is 260 g/mol. The predicted molar refractivity (Wildman–Crippen MR) is 52.9 cm³/mol. The number of hydrogen-bond acceptors (Lipinski definition) is 1. The first-order valence-electron chi connectivity index (χ1n) is 3.69. The number of hydrogen-bond donors (Lipinski definition) is 1. The smallest absolute Gasteiger partial charge is 0.0913 e. The molecule has 0 saturated carbocycles. The fraction of sp³-hybridized carbons (Fsp3) is 0.333. The second-order valence-electron chi connectivity index (χ2n) is 2.86. The monoisotopic (exact) mass is 260 g/mol. The van der Waals surface area contributed by atoms with E-state index in [1.54, 1.807) is 0 Å². The summed E-state index contributed by atoms with van der Waals surface area (Å²) in [5.74, 6) is 0. The Morgan fingerprint density at radius 2 is 2.09 bits per heavy atom. The zero-order valence-corrected chi connectivity index (χ0v) is 8.15. The van der Waals surface area contributed by atoms with Crippen molar-refractivity contribution in [2.24, 2.45) is 0 Å². The van der Waals surface area contributed by atoms with Crippen molar-refractivity contribution in [2.75, 3.05) is 0 Å². The lowest BCUT2D eigenvalue weighted by Crippen LogP contribution is -2.03. The summed E-state index contributed by atoms with van der Waals surface area (Å²) in [5.41, 5.74) is 2.42. The Hall–Kier alpha value is -0.0900. The molecule has 0 saturated heterocycles. The van der Waals surface area contributed by atoms with E-state index in [-0.39, 0.29) is 6.10 Å². The molecule has 58 valence electrons. The van der Waals surface area contributed by atoms with Crippen LogP contribution in [-0.2, 0) is 6.42 Å². The molecule has 0 spiro atoms. The first kappa shape index (κ1) is 7.55. The molecule has 11 heavy (non-hydrogen) atoms. The highest BCUT2D eigenvalue weighted by molar-refractivity contribution is 14.1. The van der Waals surface area contributed by atoms with Crippen LogP contribution in [0.5, 0.6) is 0 Å². The first-order chi connectivity index (χ1) is 5.29. The molecule has 0 heterocycles. The van der Waals surface area contributed by atoms with Gasteiger partial charge < -0.3 is 5.11 Å². The summed E-state index contributed by atoms with van der Waals surface area (Å²) in [6.45, 7) is 0. The first-order valence-corrected chi connectivity index (χ1v) is 4.93. The number of aliphatic hydroxyl groups excluding tert-OH is 1. The van der Waals surface area contributed by atoms with Gasteiger partial charge >= 0.3 is 0 Å². The Labute approximate surface area is 79.6 Å². The van der Waals surface area contributed by atoms with Crippen LogP contribution >= 0.6 is 22.6 Å². The second-order valence-corrected chi connectivity index (χ2v) is 4.46. The minimum atomic E-state index is -0.244. The average Bonchev–Trinajstić information content (AvgIpc) is 2.30. The van der Waals surface area contributed by atoms with Crippen molar-refractivity contribution in [3.63, 3.8) is 0 Å². The summed E-state index contributed by atoms with van der Waals surface area (Å²) in [7, 11) is 0. The van der Waals surface area contributed by atoms with E-state index in [1.807, 2.05) is 18.2 Å². The lowest BCUT2D eigenvalue weighted by molar-refractivity contribution is 0.190. The third-order valence-electron chi connectivity index (χ3n) is 2.13. The fourth-order valence-corrected chi connectivity index (χ4v) is 2.39. The highest BCUT2D eigenvalue weighted by Gasteiger charge is 2.27. The van der Waals surface area contributed by atoms with Gasteiger partial charge in [-0.1, -0.05) is 46.9 Å². The van der Waals surface area contributed by atoms with E-state index in [2.05, 4.69) is 28.7 Å². The molecule has 1 aromatic carbocycles. The van der Waals surface area contributed by atoms with Crippen molar-refractivity contribution in [2.45, 2.75) is 16.4 Å². The van der Waals surface area contributed by atoms with Crippen molar-refractivity contribution in [3.8, 4) is 0 Å². The molecule has 2 heteroatoms. The molecule has 0 bridgehead atoms. The highest BCUT2D eigenvalue weighted by atomic mass is 127. The van der Waals surface area contributed by atoms with Gasteiger partial charge in [0.1, 0.15) is 0 Å². The largest absolute Gasteiger partial charge is 0.387 e. The summed E-state index contributed by atoms with van der Waals surface area (Å²) in [6.07, 6.45) is 0.768. The Bertz CT molecular complexity index is 272. The van der Waals surface area contributed by atoms with Crippen LogP contribution in [0.15, 0.2) is 24.3 Å². The van der Waals surface area contributed by atoms with E-state index < -0.39 is 0 Å². The maximum atomic E-state index is 9.64. The van der Waals surface area contributed by atoms with Gasteiger partial charge in [0.25, 0.3) is 0 Å². The zero-order valence-electron chi connectivity index (χ0n) is 6.00. The molecule has 0 fully saturated rings. The number of rotatable bonds is 0. The van der Waals surface area contributed by atoms with Crippen molar-refractivity contribution in [1.29, 1.82) is 0 Å². The molecule has 0 aliphatic heterocycles. The minimum Gasteiger partial charge on any atom is -0.387 e. The maximum Gasteiger partial charge on any atom is 0.0913 e. The lowest BCUT2D eigenvalue weighted by Gasteiger charge is -2.05. The van der Waals surface area contributed by atoms with Crippen LogP contribution in [-0.4, -0.2) is 9.03 Å². The molecule has 0 unspecified atom stereocenters. The quantitative estimate of drug-likeness (QED) is 0.559.